The van der Waals surface area contributed by atoms with Gasteiger partial charge in [-0.3, -0.25) is 14.9 Å². The highest BCUT2D eigenvalue weighted by atomic mass is 16.6. The van der Waals surface area contributed by atoms with Gasteiger partial charge in [0.2, 0.25) is 17.8 Å². The number of fused-ring (bicyclic) bond motifs is 1. The lowest BCUT2D eigenvalue weighted by Crippen LogP contribution is -2.17. The van der Waals surface area contributed by atoms with Crippen molar-refractivity contribution in [2.45, 2.75) is 24.8 Å². The summed E-state index contributed by atoms with van der Waals surface area (Å²) in [6.07, 6.45) is 0.297. The molecule has 1 aliphatic carbocycles. The van der Waals surface area contributed by atoms with Crippen LogP contribution >= 0.6 is 0 Å². The van der Waals surface area contributed by atoms with E-state index in [1.54, 1.807) is 18.2 Å². The predicted molar refractivity (Wildman–Crippen MR) is 82.2 cm³/mol. The van der Waals surface area contributed by atoms with E-state index >= 15 is 0 Å². The van der Waals surface area contributed by atoms with E-state index in [-0.39, 0.29) is 34.9 Å². The van der Waals surface area contributed by atoms with Crippen LogP contribution in [0.25, 0.3) is 0 Å². The summed E-state index contributed by atoms with van der Waals surface area (Å²) < 4.78 is 15.9. The van der Waals surface area contributed by atoms with Crippen molar-refractivity contribution in [3.05, 3.63) is 40.0 Å². The van der Waals surface area contributed by atoms with Crippen molar-refractivity contribution in [1.29, 1.82) is 0 Å². The number of nitro groups is 1. The van der Waals surface area contributed by atoms with Crippen molar-refractivity contribution < 1.29 is 23.7 Å². The number of carbonyl (C=O) groups is 1. The smallest absolute Gasteiger partial charge is 0.236 e. The molecule has 1 aromatic carbocycles. The summed E-state index contributed by atoms with van der Waals surface area (Å²) in [6, 6.07) is 4.44. The fraction of sp³-hybridized carbons (Fsp3) is 0.400. The maximum atomic E-state index is 12.1. The molecular formula is C15H14N4O6. The summed E-state index contributed by atoms with van der Waals surface area (Å²) in [5.41, 5.74) is 0.563. The molecule has 25 heavy (non-hydrogen) atoms. The Morgan fingerprint density at radius 3 is 2.88 bits per heavy atom. The summed E-state index contributed by atoms with van der Waals surface area (Å²) in [6.45, 7) is 0.958. The topological polar surface area (TPSA) is 130 Å². The summed E-state index contributed by atoms with van der Waals surface area (Å²) in [4.78, 5) is 26.5. The summed E-state index contributed by atoms with van der Waals surface area (Å²) in [5, 5.41) is 17.1. The highest BCUT2D eigenvalue weighted by Gasteiger charge is 2.53. The standard InChI is InChI=1S/C15H14N4O6/c20-14(16-8-1-2-11-12(5-8)24-4-3-23-11)7-13-17-15(25-18-13)9-6-10(9)19(21)22/h1-2,5,9-10H,3-4,6-7H2,(H,16,20). The monoisotopic (exact) mass is 346 g/mol. The van der Waals surface area contributed by atoms with Crippen LogP contribution in [0, 0.1) is 10.1 Å². The second-order valence-corrected chi connectivity index (χ2v) is 5.83. The second kappa shape index (κ2) is 6.04. The third-order valence-electron chi connectivity index (χ3n) is 3.97. The van der Waals surface area contributed by atoms with Gasteiger partial charge in [0.1, 0.15) is 19.1 Å². The molecule has 1 aliphatic heterocycles. The van der Waals surface area contributed by atoms with E-state index in [9.17, 15) is 14.9 Å². The minimum absolute atomic E-state index is 0.0895. The molecule has 1 fully saturated rings. The maximum Gasteiger partial charge on any atom is 0.236 e. The zero-order valence-corrected chi connectivity index (χ0v) is 13.0. The normalized spacial score (nSPS) is 20.8. The first kappa shape index (κ1) is 15.4. The second-order valence-electron chi connectivity index (χ2n) is 5.83. The van der Waals surface area contributed by atoms with Crippen LogP contribution in [0.2, 0.25) is 0 Å². The highest BCUT2D eigenvalue weighted by Crippen LogP contribution is 2.41. The van der Waals surface area contributed by atoms with Crippen molar-refractivity contribution in [1.82, 2.24) is 10.1 Å². The first-order chi connectivity index (χ1) is 12.1. The minimum atomic E-state index is -0.667. The summed E-state index contributed by atoms with van der Waals surface area (Å²) >= 11 is 0. The third-order valence-corrected chi connectivity index (χ3v) is 3.97. The number of rotatable bonds is 5. The molecule has 2 aliphatic rings. The van der Waals surface area contributed by atoms with E-state index < -0.39 is 6.04 Å². The molecule has 0 radical (unpaired) electrons. The van der Waals surface area contributed by atoms with E-state index in [0.717, 1.165) is 0 Å². The number of carbonyl (C=O) groups excluding carboxylic acids is 1. The van der Waals surface area contributed by atoms with Crippen LogP contribution in [0.5, 0.6) is 11.5 Å². The van der Waals surface area contributed by atoms with Crippen molar-refractivity contribution >= 4 is 11.6 Å². The number of amides is 1. The molecule has 1 saturated carbocycles. The van der Waals surface area contributed by atoms with Gasteiger partial charge in [-0.15, -0.1) is 0 Å². The number of benzene rings is 1. The van der Waals surface area contributed by atoms with Crippen LogP contribution in [-0.2, 0) is 11.2 Å². The third kappa shape index (κ3) is 3.23. The van der Waals surface area contributed by atoms with Crippen molar-refractivity contribution in [2.24, 2.45) is 0 Å². The first-order valence-electron chi connectivity index (χ1n) is 7.75. The molecular weight excluding hydrogens is 332 g/mol. The summed E-state index contributed by atoms with van der Waals surface area (Å²) in [5.74, 6) is 0.938. The van der Waals surface area contributed by atoms with Crippen LogP contribution in [0.15, 0.2) is 22.7 Å². The van der Waals surface area contributed by atoms with Crippen LogP contribution in [-0.4, -0.2) is 40.2 Å². The van der Waals surface area contributed by atoms with E-state index in [2.05, 4.69) is 15.5 Å². The Hall–Kier alpha value is -3.17. The molecule has 2 aromatic rings. The van der Waals surface area contributed by atoms with Gasteiger partial charge in [0.05, 0.1) is 6.42 Å². The van der Waals surface area contributed by atoms with E-state index in [1.807, 2.05) is 0 Å². The minimum Gasteiger partial charge on any atom is -0.486 e. The Morgan fingerprint density at radius 2 is 2.12 bits per heavy atom. The molecule has 0 spiro atoms. The SMILES string of the molecule is O=C(Cc1noc(C2CC2[N+](=O)[O-])n1)Nc1ccc2c(c1)OCCO2. The quantitative estimate of drug-likeness (QED) is 0.630. The lowest BCUT2D eigenvalue weighted by Gasteiger charge is -2.18. The van der Waals surface area contributed by atoms with Gasteiger partial charge < -0.3 is 19.3 Å². The molecule has 1 amide bonds. The molecule has 10 nitrogen and oxygen atoms in total. The number of hydrogen-bond donors (Lipinski definition) is 1. The van der Waals surface area contributed by atoms with Gasteiger partial charge in [-0.2, -0.15) is 4.98 Å². The van der Waals surface area contributed by atoms with Gasteiger partial charge in [-0.1, -0.05) is 5.16 Å². The predicted octanol–water partition coefficient (Wildman–Crippen LogP) is 1.15. The lowest BCUT2D eigenvalue weighted by atomic mass is 10.2. The molecule has 2 atom stereocenters. The van der Waals surface area contributed by atoms with Crippen LogP contribution in [0.3, 0.4) is 0 Å². The molecule has 130 valence electrons. The van der Waals surface area contributed by atoms with Crippen molar-refractivity contribution in [3.63, 3.8) is 0 Å². The molecule has 10 heteroatoms. The molecule has 2 heterocycles. The van der Waals surface area contributed by atoms with Gasteiger partial charge in [-0.05, 0) is 12.1 Å². The van der Waals surface area contributed by atoms with E-state index in [1.165, 1.54) is 0 Å². The maximum absolute atomic E-state index is 12.1. The number of nitrogens with one attached hydrogen (secondary N) is 1. The molecule has 0 saturated heterocycles. The fourth-order valence-electron chi connectivity index (χ4n) is 2.64. The fourth-order valence-corrected chi connectivity index (χ4v) is 2.64. The van der Waals surface area contributed by atoms with Crippen molar-refractivity contribution in [3.8, 4) is 11.5 Å². The average molecular weight is 346 g/mol. The van der Waals surface area contributed by atoms with Crippen molar-refractivity contribution in [2.75, 3.05) is 18.5 Å². The Kier molecular flexibility index (Phi) is 3.71. The summed E-state index contributed by atoms with van der Waals surface area (Å²) in [7, 11) is 0. The number of nitrogens with zero attached hydrogens (tertiary/aromatic N) is 3. The van der Waals surface area contributed by atoms with Gasteiger partial charge in [0, 0.05) is 23.1 Å². The largest absolute Gasteiger partial charge is 0.486 e. The van der Waals surface area contributed by atoms with Gasteiger partial charge in [0.15, 0.2) is 17.3 Å². The zero-order chi connectivity index (χ0) is 17.4. The number of aromatic nitrogens is 2. The first-order valence-corrected chi connectivity index (χ1v) is 7.75. The van der Waals surface area contributed by atoms with Crippen LogP contribution in [0.4, 0.5) is 5.69 Å². The average Bonchev–Trinajstić information content (AvgIpc) is 3.28. The molecule has 1 N–H and O–H groups in total. The Balaban J connectivity index is 1.36. The molecule has 2 unspecified atom stereocenters. The molecule has 1 aromatic heterocycles. The van der Waals surface area contributed by atoms with Gasteiger partial charge >= 0.3 is 0 Å². The van der Waals surface area contributed by atoms with Crippen LogP contribution in [0.1, 0.15) is 24.1 Å². The Morgan fingerprint density at radius 1 is 1.32 bits per heavy atom. The van der Waals surface area contributed by atoms with E-state index in [0.29, 0.717) is 36.8 Å². The lowest BCUT2D eigenvalue weighted by molar-refractivity contribution is -0.496. The Labute approximate surface area is 141 Å². The van der Waals surface area contributed by atoms with Gasteiger partial charge in [0.25, 0.3) is 0 Å². The molecule has 0 bridgehead atoms. The van der Waals surface area contributed by atoms with Gasteiger partial charge in [-0.25, -0.2) is 0 Å². The number of ether oxygens (including phenoxy) is 2. The van der Waals surface area contributed by atoms with E-state index in [4.69, 9.17) is 14.0 Å². The number of hydrogen-bond acceptors (Lipinski definition) is 8. The molecule has 4 rings (SSSR count). The highest BCUT2D eigenvalue weighted by molar-refractivity contribution is 5.92. The number of anilines is 1. The van der Waals surface area contributed by atoms with Crippen LogP contribution < -0.4 is 14.8 Å². The Bertz CT molecular complexity index is 835. The zero-order valence-electron chi connectivity index (χ0n) is 13.0.